The highest BCUT2D eigenvalue weighted by Gasteiger charge is 2.26. The van der Waals surface area contributed by atoms with Gasteiger partial charge in [-0.1, -0.05) is 68.2 Å². The molecule has 0 radical (unpaired) electrons. The number of nitrogens with two attached hydrogens (primary N) is 2. The van der Waals surface area contributed by atoms with Crippen molar-refractivity contribution in [2.45, 2.75) is 82.8 Å². The Bertz CT molecular complexity index is 1210. The fraction of sp³-hybridized carbons (Fsp3) is 0.500. The maximum atomic E-state index is 13.0. The maximum absolute atomic E-state index is 13.0. The Kier molecular flexibility index (Phi) is 14.7. The Hall–Kier alpha value is -3.71. The van der Waals surface area contributed by atoms with Gasteiger partial charge in [0.1, 0.15) is 12.1 Å². The number of amides is 3. The van der Waals surface area contributed by atoms with Crippen LogP contribution < -0.4 is 27.4 Å². The molecule has 2 aromatic carbocycles. The molecule has 0 heterocycles. The van der Waals surface area contributed by atoms with Gasteiger partial charge < -0.3 is 32.5 Å². The summed E-state index contributed by atoms with van der Waals surface area (Å²) in [7, 11) is 0. The van der Waals surface area contributed by atoms with Gasteiger partial charge >= 0.3 is 0 Å². The van der Waals surface area contributed by atoms with E-state index in [0.29, 0.717) is 38.4 Å². The van der Waals surface area contributed by atoms with Crippen LogP contribution in [0.15, 0.2) is 48.5 Å². The second kappa shape index (κ2) is 18.7. The van der Waals surface area contributed by atoms with E-state index in [-0.39, 0.29) is 12.3 Å². The molecule has 0 saturated heterocycles. The lowest BCUT2D eigenvalue weighted by atomic mass is 9.87. The van der Waals surface area contributed by atoms with E-state index in [2.05, 4.69) is 27.8 Å². The molecule has 0 unspecified atom stereocenters. The molecule has 0 aliphatic heterocycles. The fourth-order valence-electron chi connectivity index (χ4n) is 5.23. The van der Waals surface area contributed by atoms with E-state index in [1.165, 1.54) is 32.1 Å². The van der Waals surface area contributed by atoms with Crippen molar-refractivity contribution >= 4 is 17.7 Å². The number of hydrogen-bond donors (Lipinski definition) is 6. The standard InChI is InChI=1S/C34H47N5O4/c35-20-5-4-8-30(33(42)37-21-19-25-6-2-1-3-7-25)39-34(43)31(24-40)38-32(41)22-28-15-11-26(12-16-28)9-10-27-13-17-29(23-36)18-14-27/h11-18,25,30-31,40H,1-8,19-24,35-36H2,(H,37,42)(H,38,41)(H,39,43)/t30-,31-/m0/s1. The molecular formula is C34H47N5O4. The first kappa shape index (κ1) is 33.8. The summed E-state index contributed by atoms with van der Waals surface area (Å²) in [5.74, 6) is 5.59. The molecule has 1 aliphatic carbocycles. The summed E-state index contributed by atoms with van der Waals surface area (Å²) in [5.41, 5.74) is 14.7. The van der Waals surface area contributed by atoms with Crippen molar-refractivity contribution in [3.63, 3.8) is 0 Å². The van der Waals surface area contributed by atoms with Crippen molar-refractivity contribution in [2.75, 3.05) is 19.7 Å². The molecule has 9 nitrogen and oxygen atoms in total. The molecule has 1 aliphatic rings. The summed E-state index contributed by atoms with van der Waals surface area (Å²) in [4.78, 5) is 38.7. The number of rotatable bonds is 15. The monoisotopic (exact) mass is 589 g/mol. The summed E-state index contributed by atoms with van der Waals surface area (Å²) in [6, 6.07) is 13.1. The van der Waals surface area contributed by atoms with Crippen LogP contribution in [0.3, 0.4) is 0 Å². The van der Waals surface area contributed by atoms with E-state index >= 15 is 0 Å². The van der Waals surface area contributed by atoms with Crippen molar-refractivity contribution < 1.29 is 19.5 Å². The first-order chi connectivity index (χ1) is 20.9. The van der Waals surface area contributed by atoms with Crippen LogP contribution in [0.25, 0.3) is 0 Å². The predicted molar refractivity (Wildman–Crippen MR) is 169 cm³/mol. The third-order valence-corrected chi connectivity index (χ3v) is 7.85. The lowest BCUT2D eigenvalue weighted by molar-refractivity contribution is -0.133. The minimum atomic E-state index is -1.17. The molecule has 232 valence electrons. The number of benzene rings is 2. The van der Waals surface area contributed by atoms with E-state index in [0.717, 1.165) is 35.1 Å². The Morgan fingerprint density at radius 2 is 1.44 bits per heavy atom. The van der Waals surface area contributed by atoms with E-state index in [1.54, 1.807) is 12.1 Å². The highest BCUT2D eigenvalue weighted by Crippen LogP contribution is 2.25. The van der Waals surface area contributed by atoms with Gasteiger partial charge in [-0.15, -0.1) is 0 Å². The van der Waals surface area contributed by atoms with Gasteiger partial charge in [-0.05, 0) is 73.5 Å². The topological polar surface area (TPSA) is 160 Å². The number of aliphatic hydroxyl groups is 1. The lowest BCUT2D eigenvalue weighted by Crippen LogP contribution is -2.55. The first-order valence-electron chi connectivity index (χ1n) is 15.5. The Morgan fingerprint density at radius 1 is 0.814 bits per heavy atom. The Morgan fingerprint density at radius 3 is 2.02 bits per heavy atom. The number of aliphatic hydroxyl groups excluding tert-OH is 1. The van der Waals surface area contributed by atoms with Gasteiger partial charge in [0.15, 0.2) is 0 Å². The van der Waals surface area contributed by atoms with Crippen molar-refractivity contribution in [2.24, 2.45) is 17.4 Å². The van der Waals surface area contributed by atoms with Gasteiger partial charge in [0.2, 0.25) is 17.7 Å². The SMILES string of the molecule is NCCCC[C@H](NC(=O)[C@H](CO)NC(=O)Cc1ccc(C#Cc2ccc(CN)cc2)cc1)C(=O)NCCC1CCCCC1. The van der Waals surface area contributed by atoms with Crippen LogP contribution in [-0.4, -0.2) is 54.6 Å². The van der Waals surface area contributed by atoms with E-state index in [9.17, 15) is 19.5 Å². The lowest BCUT2D eigenvalue weighted by Gasteiger charge is -2.24. The van der Waals surface area contributed by atoms with Crippen molar-refractivity contribution in [1.82, 2.24) is 16.0 Å². The summed E-state index contributed by atoms with van der Waals surface area (Å²) in [6.45, 7) is 0.964. The van der Waals surface area contributed by atoms with Gasteiger partial charge in [-0.25, -0.2) is 0 Å². The van der Waals surface area contributed by atoms with E-state index < -0.39 is 30.5 Å². The minimum absolute atomic E-state index is 0.0274. The summed E-state index contributed by atoms with van der Waals surface area (Å²) in [6.07, 6.45) is 8.98. The van der Waals surface area contributed by atoms with Gasteiger partial charge in [0.05, 0.1) is 13.0 Å². The summed E-state index contributed by atoms with van der Waals surface area (Å²) < 4.78 is 0. The van der Waals surface area contributed by atoms with Gasteiger partial charge in [0, 0.05) is 24.2 Å². The quantitative estimate of drug-likeness (QED) is 0.138. The average Bonchev–Trinajstić information content (AvgIpc) is 3.03. The zero-order valence-corrected chi connectivity index (χ0v) is 25.1. The number of nitrogens with one attached hydrogen (secondary N) is 3. The van der Waals surface area contributed by atoms with Crippen molar-refractivity contribution in [3.05, 3.63) is 70.8 Å². The third-order valence-electron chi connectivity index (χ3n) is 7.85. The smallest absolute Gasteiger partial charge is 0.245 e. The molecule has 0 spiro atoms. The molecule has 3 rings (SSSR count). The molecule has 9 heteroatoms. The summed E-state index contributed by atoms with van der Waals surface area (Å²) in [5, 5.41) is 18.2. The van der Waals surface area contributed by atoms with Gasteiger partial charge in [-0.3, -0.25) is 14.4 Å². The number of carbonyl (C=O) groups excluding carboxylic acids is 3. The average molecular weight is 590 g/mol. The molecule has 8 N–H and O–H groups in total. The first-order valence-corrected chi connectivity index (χ1v) is 15.5. The minimum Gasteiger partial charge on any atom is -0.394 e. The summed E-state index contributed by atoms with van der Waals surface area (Å²) >= 11 is 0. The van der Waals surface area contributed by atoms with Crippen LogP contribution in [0.1, 0.15) is 80.0 Å². The van der Waals surface area contributed by atoms with Crippen LogP contribution in [-0.2, 0) is 27.3 Å². The van der Waals surface area contributed by atoms with Crippen LogP contribution in [0.5, 0.6) is 0 Å². The van der Waals surface area contributed by atoms with Gasteiger partial charge in [0.25, 0.3) is 0 Å². The van der Waals surface area contributed by atoms with Crippen LogP contribution in [0.4, 0.5) is 0 Å². The predicted octanol–water partition coefficient (Wildman–Crippen LogP) is 2.27. The maximum Gasteiger partial charge on any atom is 0.245 e. The zero-order valence-electron chi connectivity index (χ0n) is 25.1. The number of carbonyl (C=O) groups is 3. The largest absolute Gasteiger partial charge is 0.394 e. The number of unbranched alkanes of at least 4 members (excludes halogenated alkanes) is 1. The van der Waals surface area contributed by atoms with Crippen LogP contribution >= 0.6 is 0 Å². The zero-order chi connectivity index (χ0) is 30.9. The molecule has 2 atom stereocenters. The molecule has 2 aromatic rings. The third kappa shape index (κ3) is 12.2. The second-order valence-corrected chi connectivity index (χ2v) is 11.3. The molecule has 43 heavy (non-hydrogen) atoms. The fourth-order valence-corrected chi connectivity index (χ4v) is 5.23. The van der Waals surface area contributed by atoms with E-state index in [1.807, 2.05) is 36.4 Å². The van der Waals surface area contributed by atoms with Crippen molar-refractivity contribution in [1.29, 1.82) is 0 Å². The molecular weight excluding hydrogens is 542 g/mol. The number of hydrogen-bond acceptors (Lipinski definition) is 6. The highest BCUT2D eigenvalue weighted by molar-refractivity contribution is 5.92. The normalized spacial score (nSPS) is 14.6. The Balaban J connectivity index is 1.50. The molecule has 3 amide bonds. The van der Waals surface area contributed by atoms with Gasteiger partial charge in [-0.2, -0.15) is 0 Å². The molecule has 0 aromatic heterocycles. The molecule has 0 bridgehead atoms. The van der Waals surface area contributed by atoms with Crippen LogP contribution in [0, 0.1) is 17.8 Å². The highest BCUT2D eigenvalue weighted by atomic mass is 16.3. The molecule has 1 saturated carbocycles. The van der Waals surface area contributed by atoms with Crippen LogP contribution in [0.2, 0.25) is 0 Å². The molecule has 1 fully saturated rings. The Labute approximate surface area is 255 Å². The van der Waals surface area contributed by atoms with Crippen molar-refractivity contribution in [3.8, 4) is 11.8 Å². The second-order valence-electron chi connectivity index (χ2n) is 11.3. The van der Waals surface area contributed by atoms with E-state index in [4.69, 9.17) is 11.5 Å².